The largest absolute Gasteiger partial charge is 0.450 e. The predicted molar refractivity (Wildman–Crippen MR) is 71.7 cm³/mol. The fourth-order valence-corrected chi connectivity index (χ4v) is 1.66. The van der Waals surface area contributed by atoms with E-state index in [9.17, 15) is 14.0 Å². The van der Waals surface area contributed by atoms with Crippen molar-refractivity contribution in [1.82, 2.24) is 0 Å². The molecule has 2 rings (SSSR count). The van der Waals surface area contributed by atoms with Crippen LogP contribution in [0.5, 0.6) is 0 Å². The lowest BCUT2D eigenvalue weighted by atomic mass is 10.3. The van der Waals surface area contributed by atoms with Gasteiger partial charge < -0.3 is 14.5 Å². The summed E-state index contributed by atoms with van der Waals surface area (Å²) in [6.45, 7) is -0.464. The van der Waals surface area contributed by atoms with Crippen molar-refractivity contribution in [2.75, 3.05) is 11.9 Å². The van der Waals surface area contributed by atoms with E-state index in [-0.39, 0.29) is 5.76 Å². The third-order valence-electron chi connectivity index (χ3n) is 2.24. The Hall–Kier alpha value is -2.15. The Bertz CT molecular complexity index is 624. The standard InChI is InChI=1S/C13H9BrFNO4/c14-11-6-5-10(20-11)13(18)19-7-12(17)16-9-3-1-8(15)2-4-9/h1-6H,7H2,(H,16,17). The molecule has 1 heterocycles. The van der Waals surface area contributed by atoms with E-state index in [1.54, 1.807) is 0 Å². The van der Waals surface area contributed by atoms with E-state index in [0.717, 1.165) is 0 Å². The molecule has 0 fully saturated rings. The molecule has 104 valence electrons. The number of hydrogen-bond donors (Lipinski definition) is 1. The number of carbonyl (C=O) groups excluding carboxylic acids is 2. The molecule has 1 aromatic heterocycles. The molecule has 7 heteroatoms. The molecule has 5 nitrogen and oxygen atoms in total. The van der Waals surface area contributed by atoms with Crippen LogP contribution in [0.1, 0.15) is 10.6 Å². The van der Waals surface area contributed by atoms with Crippen LogP contribution in [-0.2, 0) is 9.53 Å². The average molecular weight is 342 g/mol. The molecule has 0 saturated carbocycles. The molecule has 0 spiro atoms. The van der Waals surface area contributed by atoms with Gasteiger partial charge in [0.05, 0.1) is 0 Å². The number of anilines is 1. The molecule has 0 saturated heterocycles. The second-order valence-electron chi connectivity index (χ2n) is 3.73. The Morgan fingerprint density at radius 2 is 1.90 bits per heavy atom. The highest BCUT2D eigenvalue weighted by Crippen LogP contribution is 2.14. The van der Waals surface area contributed by atoms with Gasteiger partial charge in [-0.15, -0.1) is 0 Å². The van der Waals surface area contributed by atoms with Crippen LogP contribution in [0, 0.1) is 5.82 Å². The summed E-state index contributed by atoms with van der Waals surface area (Å²) < 4.78 is 22.8. The van der Waals surface area contributed by atoms with Crippen molar-refractivity contribution in [2.45, 2.75) is 0 Å². The maximum Gasteiger partial charge on any atom is 0.374 e. The van der Waals surface area contributed by atoms with Crippen LogP contribution in [0.4, 0.5) is 10.1 Å². The quantitative estimate of drug-likeness (QED) is 0.868. The van der Waals surface area contributed by atoms with Crippen molar-refractivity contribution in [3.8, 4) is 0 Å². The molecular formula is C13H9BrFNO4. The lowest BCUT2D eigenvalue weighted by Crippen LogP contribution is -2.20. The summed E-state index contributed by atoms with van der Waals surface area (Å²) in [5.74, 6) is -1.69. The lowest BCUT2D eigenvalue weighted by molar-refractivity contribution is -0.119. The zero-order chi connectivity index (χ0) is 14.5. The number of benzene rings is 1. The minimum atomic E-state index is -0.745. The van der Waals surface area contributed by atoms with Crippen molar-refractivity contribution in [2.24, 2.45) is 0 Å². The van der Waals surface area contributed by atoms with Crippen LogP contribution in [0.2, 0.25) is 0 Å². The Kier molecular flexibility index (Phi) is 4.52. The summed E-state index contributed by atoms with van der Waals surface area (Å²) in [5, 5.41) is 2.46. The first kappa shape index (κ1) is 14.3. The second-order valence-corrected chi connectivity index (χ2v) is 4.52. The topological polar surface area (TPSA) is 68.5 Å². The van der Waals surface area contributed by atoms with E-state index in [0.29, 0.717) is 10.4 Å². The molecule has 1 aromatic carbocycles. The lowest BCUT2D eigenvalue weighted by Gasteiger charge is -2.05. The van der Waals surface area contributed by atoms with E-state index < -0.39 is 24.3 Å². The number of furan rings is 1. The molecule has 0 aliphatic carbocycles. The number of rotatable bonds is 4. The highest BCUT2D eigenvalue weighted by molar-refractivity contribution is 9.10. The van der Waals surface area contributed by atoms with Gasteiger partial charge in [0, 0.05) is 5.69 Å². The Morgan fingerprint density at radius 3 is 2.50 bits per heavy atom. The van der Waals surface area contributed by atoms with Gasteiger partial charge in [0.15, 0.2) is 11.3 Å². The predicted octanol–water partition coefficient (Wildman–Crippen LogP) is 2.98. The van der Waals surface area contributed by atoms with Crippen molar-refractivity contribution in [3.63, 3.8) is 0 Å². The summed E-state index contributed by atoms with van der Waals surface area (Å²) in [6, 6.07) is 8.18. The third-order valence-corrected chi connectivity index (χ3v) is 2.66. The number of amides is 1. The number of carbonyl (C=O) groups is 2. The molecule has 20 heavy (non-hydrogen) atoms. The minimum Gasteiger partial charge on any atom is -0.450 e. The van der Waals surface area contributed by atoms with Crippen LogP contribution in [0.3, 0.4) is 0 Å². The molecule has 0 radical (unpaired) electrons. The van der Waals surface area contributed by atoms with Crippen molar-refractivity contribution < 1.29 is 23.1 Å². The number of esters is 1. The summed E-state index contributed by atoms with van der Waals surface area (Å²) in [5.41, 5.74) is 0.410. The summed E-state index contributed by atoms with van der Waals surface area (Å²) >= 11 is 3.05. The number of halogens is 2. The van der Waals surface area contributed by atoms with Gasteiger partial charge in [0.2, 0.25) is 5.76 Å². The Morgan fingerprint density at radius 1 is 1.20 bits per heavy atom. The first-order valence-electron chi connectivity index (χ1n) is 5.52. The zero-order valence-electron chi connectivity index (χ0n) is 10.1. The molecule has 0 atom stereocenters. The molecule has 0 aliphatic rings. The summed E-state index contributed by atoms with van der Waals surface area (Å²) in [7, 11) is 0. The minimum absolute atomic E-state index is 0.00791. The van der Waals surface area contributed by atoms with E-state index in [4.69, 9.17) is 9.15 Å². The third kappa shape index (κ3) is 3.92. The van der Waals surface area contributed by atoms with E-state index >= 15 is 0 Å². The SMILES string of the molecule is O=C(COC(=O)c1ccc(Br)o1)Nc1ccc(F)cc1. The molecule has 0 bridgehead atoms. The Labute approximate surface area is 121 Å². The first-order valence-corrected chi connectivity index (χ1v) is 6.32. The van der Waals surface area contributed by atoms with Crippen molar-refractivity contribution >= 4 is 33.5 Å². The van der Waals surface area contributed by atoms with Crippen LogP contribution in [-0.4, -0.2) is 18.5 Å². The van der Waals surface area contributed by atoms with Gasteiger partial charge in [-0.3, -0.25) is 4.79 Å². The van der Waals surface area contributed by atoms with Gasteiger partial charge in [-0.2, -0.15) is 0 Å². The van der Waals surface area contributed by atoms with Gasteiger partial charge in [-0.1, -0.05) is 0 Å². The summed E-state index contributed by atoms with van der Waals surface area (Å²) in [4.78, 5) is 23.0. The van der Waals surface area contributed by atoms with Gasteiger partial charge in [-0.25, -0.2) is 9.18 Å². The van der Waals surface area contributed by atoms with Crippen molar-refractivity contribution in [1.29, 1.82) is 0 Å². The van der Waals surface area contributed by atoms with Crippen molar-refractivity contribution in [3.05, 3.63) is 52.6 Å². The zero-order valence-corrected chi connectivity index (χ0v) is 11.6. The monoisotopic (exact) mass is 341 g/mol. The Balaban J connectivity index is 1.83. The van der Waals surface area contributed by atoms with Crippen LogP contribution < -0.4 is 5.32 Å². The second kappa shape index (κ2) is 6.33. The van der Waals surface area contributed by atoms with Gasteiger partial charge in [0.25, 0.3) is 5.91 Å². The highest BCUT2D eigenvalue weighted by Gasteiger charge is 2.14. The van der Waals surface area contributed by atoms with Gasteiger partial charge in [-0.05, 0) is 52.3 Å². The molecule has 0 aliphatic heterocycles. The number of ether oxygens (including phenoxy) is 1. The van der Waals surface area contributed by atoms with Crippen LogP contribution in [0.15, 0.2) is 45.5 Å². The smallest absolute Gasteiger partial charge is 0.374 e. The molecule has 1 amide bonds. The number of nitrogens with one attached hydrogen (secondary N) is 1. The first-order chi connectivity index (χ1) is 9.54. The highest BCUT2D eigenvalue weighted by atomic mass is 79.9. The fraction of sp³-hybridized carbons (Fsp3) is 0.0769. The van der Waals surface area contributed by atoms with Crippen LogP contribution in [0.25, 0.3) is 0 Å². The average Bonchev–Trinajstić information content (AvgIpc) is 2.85. The van der Waals surface area contributed by atoms with E-state index in [2.05, 4.69) is 21.2 Å². The van der Waals surface area contributed by atoms with Gasteiger partial charge >= 0.3 is 5.97 Å². The fourth-order valence-electron chi connectivity index (χ4n) is 1.36. The summed E-state index contributed by atoms with van der Waals surface area (Å²) in [6.07, 6.45) is 0. The van der Waals surface area contributed by atoms with E-state index in [1.807, 2.05) is 0 Å². The van der Waals surface area contributed by atoms with Gasteiger partial charge in [0.1, 0.15) is 5.82 Å². The van der Waals surface area contributed by atoms with E-state index in [1.165, 1.54) is 36.4 Å². The number of hydrogen-bond acceptors (Lipinski definition) is 4. The molecule has 2 aromatic rings. The van der Waals surface area contributed by atoms with Crippen LogP contribution >= 0.6 is 15.9 Å². The molecule has 0 unspecified atom stereocenters. The normalized spacial score (nSPS) is 10.1. The maximum absolute atomic E-state index is 12.7. The molecular weight excluding hydrogens is 333 g/mol. The molecule has 1 N–H and O–H groups in total. The maximum atomic E-state index is 12.7.